The van der Waals surface area contributed by atoms with Gasteiger partial charge in [0.2, 0.25) is 0 Å². The highest BCUT2D eigenvalue weighted by atomic mass is 32.1. The second-order valence-electron chi connectivity index (χ2n) is 7.26. The molecule has 3 aromatic heterocycles. The number of carbonyl (C=O) groups excluding carboxylic acids is 1. The number of nitrogens with zero attached hydrogens (tertiary/aromatic N) is 3. The van der Waals surface area contributed by atoms with Gasteiger partial charge in [0.1, 0.15) is 18.1 Å². The number of aromatic nitrogens is 3. The van der Waals surface area contributed by atoms with Crippen molar-refractivity contribution < 1.29 is 14.1 Å². The Balaban J connectivity index is 1.35. The Labute approximate surface area is 175 Å². The predicted octanol–water partition coefficient (Wildman–Crippen LogP) is 4.20. The Hall–Kier alpha value is -3.26. The second kappa shape index (κ2) is 7.87. The van der Waals surface area contributed by atoms with Gasteiger partial charge in [-0.2, -0.15) is 0 Å². The normalized spacial score (nSPS) is 13.7. The van der Waals surface area contributed by atoms with E-state index in [4.69, 9.17) is 9.26 Å². The van der Waals surface area contributed by atoms with E-state index >= 15 is 0 Å². The molecule has 0 aliphatic carbocycles. The molecule has 8 heteroatoms. The lowest BCUT2D eigenvalue weighted by molar-refractivity contribution is 0.0464. The van der Waals surface area contributed by atoms with E-state index in [1.54, 1.807) is 40.2 Å². The lowest BCUT2D eigenvalue weighted by atomic mass is 10.1. The van der Waals surface area contributed by atoms with Gasteiger partial charge >= 0.3 is 5.97 Å². The molecule has 0 unspecified atom stereocenters. The van der Waals surface area contributed by atoms with Crippen molar-refractivity contribution in [2.75, 3.05) is 0 Å². The fraction of sp³-hybridized carbons (Fsp3) is 0.273. The van der Waals surface area contributed by atoms with Gasteiger partial charge in [-0.05, 0) is 42.5 Å². The molecule has 0 fully saturated rings. The van der Waals surface area contributed by atoms with Crippen molar-refractivity contribution in [2.24, 2.45) is 0 Å². The van der Waals surface area contributed by atoms with Crippen LogP contribution in [-0.2, 0) is 24.3 Å². The smallest absolute Gasteiger partial charge is 0.338 e. The van der Waals surface area contributed by atoms with Gasteiger partial charge in [-0.25, -0.2) is 9.78 Å². The molecule has 1 aromatic carbocycles. The average molecular weight is 421 g/mol. The van der Waals surface area contributed by atoms with Crippen molar-refractivity contribution in [3.63, 3.8) is 0 Å². The average Bonchev–Trinajstić information content (AvgIpc) is 3.40. The molecule has 0 atom stereocenters. The van der Waals surface area contributed by atoms with Gasteiger partial charge in [0.15, 0.2) is 5.76 Å². The fourth-order valence-electron chi connectivity index (χ4n) is 3.68. The zero-order chi connectivity index (χ0) is 20.5. The van der Waals surface area contributed by atoms with E-state index in [0.717, 1.165) is 36.4 Å². The maximum atomic E-state index is 12.8. The molecule has 5 rings (SSSR count). The largest absolute Gasteiger partial charge is 0.455 e. The van der Waals surface area contributed by atoms with Crippen LogP contribution in [0, 0.1) is 0 Å². The van der Waals surface area contributed by atoms with Crippen molar-refractivity contribution in [1.82, 2.24) is 14.7 Å². The van der Waals surface area contributed by atoms with Gasteiger partial charge in [-0.1, -0.05) is 17.6 Å². The topological polar surface area (TPSA) is 87.2 Å². The van der Waals surface area contributed by atoms with Gasteiger partial charge in [0.05, 0.1) is 21.3 Å². The SMILES string of the molecule is O=C(OCc1cc(-c2cccs2)on1)c1ccc2c(=O)n3c(nc2c1)CCCCC3. The van der Waals surface area contributed by atoms with Crippen LogP contribution < -0.4 is 5.56 Å². The summed E-state index contributed by atoms with van der Waals surface area (Å²) in [4.78, 5) is 31.0. The van der Waals surface area contributed by atoms with Crippen molar-refractivity contribution in [1.29, 1.82) is 0 Å². The van der Waals surface area contributed by atoms with E-state index in [1.165, 1.54) is 0 Å². The third-order valence-electron chi connectivity index (χ3n) is 5.23. The lowest BCUT2D eigenvalue weighted by Gasteiger charge is -2.10. The Morgan fingerprint density at radius 3 is 3.00 bits per heavy atom. The van der Waals surface area contributed by atoms with E-state index in [1.807, 2.05) is 17.5 Å². The van der Waals surface area contributed by atoms with Crippen molar-refractivity contribution in [3.8, 4) is 10.6 Å². The number of fused-ring (bicyclic) bond motifs is 2. The number of hydrogen-bond donors (Lipinski definition) is 0. The Kier molecular flexibility index (Phi) is 4.92. The van der Waals surface area contributed by atoms with Crippen molar-refractivity contribution >= 4 is 28.2 Å². The zero-order valence-corrected chi connectivity index (χ0v) is 17.0. The quantitative estimate of drug-likeness (QED) is 0.459. The number of esters is 1. The monoisotopic (exact) mass is 421 g/mol. The van der Waals surface area contributed by atoms with Crippen LogP contribution in [-0.4, -0.2) is 20.7 Å². The number of thiophene rings is 1. The predicted molar refractivity (Wildman–Crippen MR) is 112 cm³/mol. The molecule has 0 saturated heterocycles. The van der Waals surface area contributed by atoms with Crippen molar-refractivity contribution in [3.05, 3.63) is 69.2 Å². The van der Waals surface area contributed by atoms with Crippen LogP contribution in [0.15, 0.2) is 51.1 Å². The molecular formula is C22H19N3O4S. The van der Waals surface area contributed by atoms with Gasteiger partial charge < -0.3 is 9.26 Å². The molecule has 0 N–H and O–H groups in total. The van der Waals surface area contributed by atoms with E-state index in [-0.39, 0.29) is 12.2 Å². The third kappa shape index (κ3) is 3.54. The maximum absolute atomic E-state index is 12.8. The number of aryl methyl sites for hydroxylation is 1. The number of carbonyl (C=O) groups is 1. The molecule has 1 aliphatic heterocycles. The standard InChI is InChI=1S/C22H19N3O4S/c26-21-16-8-7-14(11-17(16)23-20-6-2-1-3-9-25(20)21)22(27)28-13-15-12-18(29-24-15)19-5-4-10-30-19/h4-5,7-8,10-12H,1-3,6,9,13H2. The van der Waals surface area contributed by atoms with Crippen LogP contribution >= 0.6 is 11.3 Å². The molecule has 30 heavy (non-hydrogen) atoms. The van der Waals surface area contributed by atoms with Gasteiger partial charge in [-0.3, -0.25) is 9.36 Å². The summed E-state index contributed by atoms with van der Waals surface area (Å²) in [5.41, 5.74) is 1.38. The first-order valence-corrected chi connectivity index (χ1v) is 10.8. The minimum atomic E-state index is -0.491. The first-order chi connectivity index (χ1) is 14.7. The van der Waals surface area contributed by atoms with Crippen LogP contribution in [0.25, 0.3) is 21.5 Å². The van der Waals surface area contributed by atoms with E-state index < -0.39 is 5.97 Å². The molecule has 4 heterocycles. The molecule has 0 bridgehead atoms. The molecule has 0 saturated carbocycles. The molecule has 0 radical (unpaired) electrons. The van der Waals surface area contributed by atoms with Gasteiger partial charge in [0.25, 0.3) is 5.56 Å². The molecular weight excluding hydrogens is 402 g/mol. The number of benzene rings is 1. The zero-order valence-electron chi connectivity index (χ0n) is 16.2. The molecule has 152 valence electrons. The summed E-state index contributed by atoms with van der Waals surface area (Å²) in [6.45, 7) is 0.706. The van der Waals surface area contributed by atoms with E-state index in [2.05, 4.69) is 10.1 Å². The highest BCUT2D eigenvalue weighted by Crippen LogP contribution is 2.25. The first kappa shape index (κ1) is 18.7. The fourth-order valence-corrected chi connectivity index (χ4v) is 4.36. The van der Waals surface area contributed by atoms with Crippen LogP contribution in [0.3, 0.4) is 0 Å². The number of ether oxygens (including phenoxy) is 1. The molecule has 4 aromatic rings. The summed E-state index contributed by atoms with van der Waals surface area (Å²) >= 11 is 1.55. The molecule has 7 nitrogen and oxygen atoms in total. The first-order valence-electron chi connectivity index (χ1n) is 9.89. The van der Waals surface area contributed by atoms with Crippen LogP contribution in [0.2, 0.25) is 0 Å². The highest BCUT2D eigenvalue weighted by Gasteiger charge is 2.16. The number of hydrogen-bond acceptors (Lipinski definition) is 7. The Morgan fingerprint density at radius 2 is 2.13 bits per heavy atom. The van der Waals surface area contributed by atoms with E-state index in [0.29, 0.717) is 34.5 Å². The minimum absolute atomic E-state index is 0.00597. The van der Waals surface area contributed by atoms with Crippen LogP contribution in [0.1, 0.15) is 41.1 Å². The summed E-state index contributed by atoms with van der Waals surface area (Å²) in [6, 6.07) is 10.5. The summed E-state index contributed by atoms with van der Waals surface area (Å²) in [5.74, 6) is 0.945. The maximum Gasteiger partial charge on any atom is 0.338 e. The summed E-state index contributed by atoms with van der Waals surface area (Å²) in [5, 5.41) is 6.43. The van der Waals surface area contributed by atoms with Crippen molar-refractivity contribution in [2.45, 2.75) is 38.8 Å². The van der Waals surface area contributed by atoms with Gasteiger partial charge in [0, 0.05) is 19.0 Å². The van der Waals surface area contributed by atoms with Gasteiger partial charge in [-0.15, -0.1) is 11.3 Å². The molecule has 0 amide bonds. The second-order valence-corrected chi connectivity index (χ2v) is 8.21. The molecule has 0 spiro atoms. The third-order valence-corrected chi connectivity index (χ3v) is 6.11. The highest BCUT2D eigenvalue weighted by molar-refractivity contribution is 7.13. The Bertz CT molecular complexity index is 1270. The summed E-state index contributed by atoms with van der Waals surface area (Å²) in [7, 11) is 0. The van der Waals surface area contributed by atoms with Crippen LogP contribution in [0.4, 0.5) is 0 Å². The lowest BCUT2D eigenvalue weighted by Crippen LogP contribution is -2.24. The molecule has 1 aliphatic rings. The summed E-state index contributed by atoms with van der Waals surface area (Å²) < 4.78 is 12.5. The summed E-state index contributed by atoms with van der Waals surface area (Å²) in [6.07, 6.45) is 3.87. The number of rotatable bonds is 4. The van der Waals surface area contributed by atoms with E-state index in [9.17, 15) is 9.59 Å². The minimum Gasteiger partial charge on any atom is -0.455 e. The Morgan fingerprint density at radius 1 is 1.20 bits per heavy atom. The van der Waals surface area contributed by atoms with Crippen LogP contribution in [0.5, 0.6) is 0 Å².